The van der Waals surface area contributed by atoms with Crippen LogP contribution in [0.25, 0.3) is 16.6 Å². The number of morpholine rings is 1. The van der Waals surface area contributed by atoms with Crippen LogP contribution in [0.2, 0.25) is 0 Å². The predicted molar refractivity (Wildman–Crippen MR) is 97.6 cm³/mol. The number of rotatable bonds is 3. The SMILES string of the molecule is c1cc2cc(Nc3cnc4ccc(N5CCOCC5)nn34)ccc2[nH]1. The Balaban J connectivity index is 1.49. The highest BCUT2D eigenvalue weighted by Gasteiger charge is 2.14. The highest BCUT2D eigenvalue weighted by Crippen LogP contribution is 2.23. The normalized spacial score (nSPS) is 15.1. The molecule has 2 N–H and O–H groups in total. The minimum atomic E-state index is 0.741. The molecule has 25 heavy (non-hydrogen) atoms. The molecular weight excluding hydrogens is 316 g/mol. The molecule has 126 valence electrons. The molecule has 3 aromatic heterocycles. The lowest BCUT2D eigenvalue weighted by Crippen LogP contribution is -2.37. The van der Waals surface area contributed by atoms with E-state index in [9.17, 15) is 0 Å². The van der Waals surface area contributed by atoms with Crippen molar-refractivity contribution < 1.29 is 4.74 Å². The number of fused-ring (bicyclic) bond motifs is 2. The van der Waals surface area contributed by atoms with E-state index in [1.165, 1.54) is 5.39 Å². The van der Waals surface area contributed by atoms with Crippen molar-refractivity contribution in [3.63, 3.8) is 0 Å². The van der Waals surface area contributed by atoms with Crippen molar-refractivity contribution >= 4 is 33.9 Å². The van der Waals surface area contributed by atoms with E-state index in [0.29, 0.717) is 0 Å². The van der Waals surface area contributed by atoms with Crippen molar-refractivity contribution in [2.45, 2.75) is 0 Å². The van der Waals surface area contributed by atoms with Crippen LogP contribution < -0.4 is 10.2 Å². The van der Waals surface area contributed by atoms with Gasteiger partial charge in [-0.2, -0.15) is 4.52 Å². The van der Waals surface area contributed by atoms with Gasteiger partial charge in [0.1, 0.15) is 5.82 Å². The predicted octanol–water partition coefficient (Wildman–Crippen LogP) is 2.79. The molecule has 0 radical (unpaired) electrons. The summed E-state index contributed by atoms with van der Waals surface area (Å²) in [5.74, 6) is 1.79. The summed E-state index contributed by atoms with van der Waals surface area (Å²) < 4.78 is 7.27. The summed E-state index contributed by atoms with van der Waals surface area (Å²) >= 11 is 0. The molecule has 7 heteroatoms. The molecule has 7 nitrogen and oxygen atoms in total. The van der Waals surface area contributed by atoms with Crippen molar-refractivity contribution in [1.29, 1.82) is 0 Å². The molecule has 0 bridgehead atoms. The number of anilines is 3. The van der Waals surface area contributed by atoms with Crippen LogP contribution in [0.5, 0.6) is 0 Å². The maximum Gasteiger partial charge on any atom is 0.156 e. The van der Waals surface area contributed by atoms with Crippen molar-refractivity contribution in [3.05, 3.63) is 48.8 Å². The maximum absolute atomic E-state index is 5.42. The lowest BCUT2D eigenvalue weighted by Gasteiger charge is -2.27. The van der Waals surface area contributed by atoms with Gasteiger partial charge in [-0.15, -0.1) is 5.10 Å². The number of imidazole rings is 1. The van der Waals surface area contributed by atoms with Crippen LogP contribution in [-0.2, 0) is 4.74 Å². The molecule has 0 aliphatic carbocycles. The van der Waals surface area contributed by atoms with Gasteiger partial charge in [-0.25, -0.2) is 4.98 Å². The monoisotopic (exact) mass is 334 g/mol. The van der Waals surface area contributed by atoms with Crippen LogP contribution in [0.15, 0.2) is 48.8 Å². The van der Waals surface area contributed by atoms with E-state index < -0.39 is 0 Å². The zero-order valence-corrected chi connectivity index (χ0v) is 13.6. The Labute approximate surface area is 144 Å². The van der Waals surface area contributed by atoms with Gasteiger partial charge in [0.25, 0.3) is 0 Å². The van der Waals surface area contributed by atoms with E-state index in [0.717, 1.165) is 54.8 Å². The smallest absolute Gasteiger partial charge is 0.156 e. The first-order chi connectivity index (χ1) is 12.4. The third-order valence-electron chi connectivity index (χ3n) is 4.51. The molecule has 4 aromatic rings. The fourth-order valence-electron chi connectivity index (χ4n) is 3.19. The highest BCUT2D eigenvalue weighted by atomic mass is 16.5. The second-order valence-electron chi connectivity index (χ2n) is 6.11. The summed E-state index contributed by atoms with van der Waals surface area (Å²) in [6, 6.07) is 12.3. The molecule has 0 unspecified atom stereocenters. The first-order valence-corrected chi connectivity index (χ1v) is 8.38. The Hall–Kier alpha value is -3.06. The third-order valence-corrected chi connectivity index (χ3v) is 4.51. The standard InChI is InChI=1S/C18H18N6O/c1-2-15-13(5-6-19-15)11-14(1)21-18-12-20-16-3-4-17(22-24(16)18)23-7-9-25-10-8-23/h1-6,11-12,19,21H,7-10H2. The molecule has 0 spiro atoms. The summed E-state index contributed by atoms with van der Waals surface area (Å²) in [5, 5.41) is 9.35. The number of benzene rings is 1. The Bertz CT molecular complexity index is 1030. The topological polar surface area (TPSA) is 70.5 Å². The lowest BCUT2D eigenvalue weighted by molar-refractivity contribution is 0.122. The summed E-state index contributed by atoms with van der Waals surface area (Å²) in [6.07, 6.45) is 3.76. The van der Waals surface area contributed by atoms with Gasteiger partial charge in [-0.05, 0) is 36.4 Å². The molecule has 4 heterocycles. The van der Waals surface area contributed by atoms with Crippen LogP contribution >= 0.6 is 0 Å². The van der Waals surface area contributed by atoms with Gasteiger partial charge in [0.05, 0.1) is 19.4 Å². The molecule has 0 amide bonds. The fraction of sp³-hybridized carbons (Fsp3) is 0.222. The van der Waals surface area contributed by atoms with Crippen LogP contribution in [0.1, 0.15) is 0 Å². The van der Waals surface area contributed by atoms with Crippen LogP contribution in [0.4, 0.5) is 17.3 Å². The van der Waals surface area contributed by atoms with E-state index in [2.05, 4.69) is 38.4 Å². The second-order valence-corrected chi connectivity index (χ2v) is 6.11. The van der Waals surface area contributed by atoms with Crippen molar-refractivity contribution in [1.82, 2.24) is 19.6 Å². The van der Waals surface area contributed by atoms with Crippen molar-refractivity contribution in [2.75, 3.05) is 36.5 Å². The first-order valence-electron chi connectivity index (χ1n) is 8.38. The van der Waals surface area contributed by atoms with Crippen molar-refractivity contribution in [3.8, 4) is 0 Å². The number of aromatic nitrogens is 4. The summed E-state index contributed by atoms with van der Waals surface area (Å²) in [7, 11) is 0. The molecular formula is C18H18N6O. The number of ether oxygens (including phenoxy) is 1. The first kappa shape index (κ1) is 14.3. The third kappa shape index (κ3) is 2.58. The molecule has 1 fully saturated rings. The average Bonchev–Trinajstić information content (AvgIpc) is 3.29. The number of H-pyrrole nitrogens is 1. The number of hydrogen-bond acceptors (Lipinski definition) is 5. The van der Waals surface area contributed by atoms with E-state index in [1.807, 2.05) is 35.1 Å². The van der Waals surface area contributed by atoms with Gasteiger partial charge in [-0.3, -0.25) is 0 Å². The van der Waals surface area contributed by atoms with E-state index in [4.69, 9.17) is 9.84 Å². The molecule has 1 saturated heterocycles. The fourth-order valence-corrected chi connectivity index (χ4v) is 3.19. The average molecular weight is 334 g/mol. The summed E-state index contributed by atoms with van der Waals surface area (Å²) in [6.45, 7) is 3.21. The van der Waals surface area contributed by atoms with Crippen molar-refractivity contribution in [2.24, 2.45) is 0 Å². The quantitative estimate of drug-likeness (QED) is 0.603. The molecule has 1 aliphatic rings. The highest BCUT2D eigenvalue weighted by molar-refractivity contribution is 5.83. The molecule has 5 rings (SSSR count). The van der Waals surface area contributed by atoms with Crippen LogP contribution in [0, 0.1) is 0 Å². The van der Waals surface area contributed by atoms with Gasteiger partial charge < -0.3 is 19.9 Å². The number of aromatic amines is 1. The summed E-state index contributed by atoms with van der Waals surface area (Å²) in [4.78, 5) is 9.88. The lowest BCUT2D eigenvalue weighted by atomic mass is 10.2. The molecule has 0 atom stereocenters. The van der Waals surface area contributed by atoms with E-state index in [-0.39, 0.29) is 0 Å². The van der Waals surface area contributed by atoms with Gasteiger partial charge in [0.2, 0.25) is 0 Å². The zero-order valence-electron chi connectivity index (χ0n) is 13.6. The second kappa shape index (κ2) is 5.78. The molecule has 1 aliphatic heterocycles. The van der Waals surface area contributed by atoms with E-state index >= 15 is 0 Å². The number of hydrogen-bond donors (Lipinski definition) is 2. The largest absolute Gasteiger partial charge is 0.378 e. The van der Waals surface area contributed by atoms with Gasteiger partial charge in [-0.1, -0.05) is 0 Å². The minimum Gasteiger partial charge on any atom is -0.378 e. The summed E-state index contributed by atoms with van der Waals surface area (Å²) in [5.41, 5.74) is 2.95. The van der Waals surface area contributed by atoms with Gasteiger partial charge in [0.15, 0.2) is 11.5 Å². The zero-order chi connectivity index (χ0) is 16.6. The Morgan fingerprint density at radius 1 is 1.08 bits per heavy atom. The van der Waals surface area contributed by atoms with E-state index in [1.54, 1.807) is 0 Å². The Morgan fingerprint density at radius 3 is 2.92 bits per heavy atom. The maximum atomic E-state index is 5.42. The van der Waals surface area contributed by atoms with Crippen LogP contribution in [0.3, 0.4) is 0 Å². The van der Waals surface area contributed by atoms with Crippen LogP contribution in [-0.4, -0.2) is 45.9 Å². The number of nitrogens with zero attached hydrogens (tertiary/aromatic N) is 4. The minimum absolute atomic E-state index is 0.741. The number of nitrogens with one attached hydrogen (secondary N) is 2. The Morgan fingerprint density at radius 2 is 2.00 bits per heavy atom. The van der Waals surface area contributed by atoms with Gasteiger partial charge in [0, 0.05) is 35.9 Å². The molecule has 0 saturated carbocycles. The molecule has 1 aromatic carbocycles. The van der Waals surface area contributed by atoms with Gasteiger partial charge >= 0.3 is 0 Å². The Kier molecular flexibility index (Phi) is 3.31.